The van der Waals surface area contributed by atoms with Crippen LogP contribution in [0, 0.1) is 13.8 Å². The van der Waals surface area contributed by atoms with Crippen molar-refractivity contribution in [2.75, 3.05) is 6.61 Å². The number of nitrogens with one attached hydrogen (secondary N) is 1. The van der Waals surface area contributed by atoms with E-state index in [1.165, 1.54) is 22.8 Å². The Kier molecular flexibility index (Phi) is 5.66. The minimum atomic E-state index is -4.32. The normalized spacial score (nSPS) is 11.5. The molecular weight excluding hydrogens is 303 g/mol. The summed E-state index contributed by atoms with van der Waals surface area (Å²) in [6, 6.07) is 13.0. The van der Waals surface area contributed by atoms with E-state index in [0.29, 0.717) is 13.1 Å². The Labute approximate surface area is 134 Å². The molecule has 2 aromatic rings. The summed E-state index contributed by atoms with van der Waals surface area (Å²) >= 11 is 0. The molecular formula is C18H20F3NO. The summed E-state index contributed by atoms with van der Waals surface area (Å²) in [4.78, 5) is 0. The summed E-state index contributed by atoms with van der Waals surface area (Å²) in [5.74, 6) is 0.230. The highest BCUT2D eigenvalue weighted by atomic mass is 19.4. The first kappa shape index (κ1) is 17.3. The largest absolute Gasteiger partial charge is 0.484 e. The van der Waals surface area contributed by atoms with Crippen LogP contribution < -0.4 is 10.1 Å². The molecule has 0 bridgehead atoms. The van der Waals surface area contributed by atoms with E-state index < -0.39 is 12.8 Å². The van der Waals surface area contributed by atoms with Gasteiger partial charge in [-0.05, 0) is 42.7 Å². The second-order valence-electron chi connectivity index (χ2n) is 5.58. The molecule has 1 N–H and O–H groups in total. The average Bonchev–Trinajstić information content (AvgIpc) is 2.47. The lowest BCUT2D eigenvalue weighted by molar-refractivity contribution is -0.153. The average molecular weight is 323 g/mol. The Balaban J connectivity index is 1.88. The third-order valence-electron chi connectivity index (χ3n) is 3.44. The molecule has 0 unspecified atom stereocenters. The smallest absolute Gasteiger partial charge is 0.422 e. The zero-order chi connectivity index (χ0) is 16.9. The van der Waals surface area contributed by atoms with Gasteiger partial charge < -0.3 is 10.1 Å². The van der Waals surface area contributed by atoms with E-state index in [9.17, 15) is 13.2 Å². The molecule has 2 rings (SSSR count). The minimum Gasteiger partial charge on any atom is -0.484 e. The molecule has 2 aromatic carbocycles. The highest BCUT2D eigenvalue weighted by molar-refractivity contribution is 5.31. The molecule has 0 amide bonds. The van der Waals surface area contributed by atoms with Crippen molar-refractivity contribution < 1.29 is 17.9 Å². The maximum absolute atomic E-state index is 12.2. The Morgan fingerprint density at radius 3 is 2.48 bits per heavy atom. The lowest BCUT2D eigenvalue weighted by atomic mass is 10.1. The zero-order valence-corrected chi connectivity index (χ0v) is 13.2. The summed E-state index contributed by atoms with van der Waals surface area (Å²) in [7, 11) is 0. The van der Waals surface area contributed by atoms with Crippen LogP contribution in [0.4, 0.5) is 13.2 Å². The van der Waals surface area contributed by atoms with Gasteiger partial charge in [-0.15, -0.1) is 0 Å². The first-order valence-corrected chi connectivity index (χ1v) is 7.39. The van der Waals surface area contributed by atoms with Gasteiger partial charge >= 0.3 is 6.18 Å². The fraction of sp³-hybridized carbons (Fsp3) is 0.333. The molecule has 0 radical (unpaired) electrons. The summed E-state index contributed by atoms with van der Waals surface area (Å²) in [5.41, 5.74) is 4.54. The van der Waals surface area contributed by atoms with Gasteiger partial charge in [0.1, 0.15) is 5.75 Å². The maximum atomic E-state index is 12.2. The summed E-state index contributed by atoms with van der Waals surface area (Å²) in [5, 5.41) is 3.30. The van der Waals surface area contributed by atoms with Gasteiger partial charge in [0.15, 0.2) is 6.61 Å². The van der Waals surface area contributed by atoms with Crippen LogP contribution in [0.15, 0.2) is 42.5 Å². The fourth-order valence-electron chi connectivity index (χ4n) is 2.30. The highest BCUT2D eigenvalue weighted by Gasteiger charge is 2.28. The van der Waals surface area contributed by atoms with Gasteiger partial charge in [-0.25, -0.2) is 0 Å². The van der Waals surface area contributed by atoms with E-state index >= 15 is 0 Å². The third kappa shape index (κ3) is 5.94. The highest BCUT2D eigenvalue weighted by Crippen LogP contribution is 2.19. The number of ether oxygens (including phenoxy) is 1. The summed E-state index contributed by atoms with van der Waals surface area (Å²) in [6.07, 6.45) is -4.32. The van der Waals surface area contributed by atoms with Crippen molar-refractivity contribution in [2.24, 2.45) is 0 Å². The van der Waals surface area contributed by atoms with Crippen LogP contribution in [-0.2, 0) is 13.1 Å². The Hall–Kier alpha value is -2.01. The molecule has 0 aliphatic carbocycles. The molecule has 0 spiro atoms. The first-order chi connectivity index (χ1) is 10.8. The van der Waals surface area contributed by atoms with Crippen molar-refractivity contribution >= 4 is 0 Å². The molecule has 0 heterocycles. The SMILES string of the molecule is Cc1ccc(CNCc2cccc(OCC(F)(F)F)c2)c(C)c1. The van der Waals surface area contributed by atoms with Crippen LogP contribution in [0.3, 0.4) is 0 Å². The Morgan fingerprint density at radius 2 is 1.78 bits per heavy atom. The van der Waals surface area contributed by atoms with Crippen molar-refractivity contribution in [2.45, 2.75) is 33.1 Å². The molecule has 2 nitrogen and oxygen atoms in total. The van der Waals surface area contributed by atoms with Gasteiger partial charge in [0, 0.05) is 13.1 Å². The van der Waals surface area contributed by atoms with Crippen molar-refractivity contribution in [1.82, 2.24) is 5.32 Å². The Morgan fingerprint density at radius 1 is 1.00 bits per heavy atom. The second kappa shape index (κ2) is 7.51. The van der Waals surface area contributed by atoms with Crippen molar-refractivity contribution in [1.29, 1.82) is 0 Å². The van der Waals surface area contributed by atoms with Gasteiger partial charge in [0.05, 0.1) is 0 Å². The van der Waals surface area contributed by atoms with Crippen LogP contribution in [-0.4, -0.2) is 12.8 Å². The van der Waals surface area contributed by atoms with Crippen LogP contribution >= 0.6 is 0 Å². The van der Waals surface area contributed by atoms with Crippen LogP contribution in [0.5, 0.6) is 5.75 Å². The standard InChI is InChI=1S/C18H20F3NO/c1-13-6-7-16(14(2)8-13)11-22-10-15-4-3-5-17(9-15)23-12-18(19,20)21/h3-9,22H,10-12H2,1-2H3. The first-order valence-electron chi connectivity index (χ1n) is 7.39. The van der Waals surface area contributed by atoms with Gasteiger partial charge in [-0.3, -0.25) is 0 Å². The van der Waals surface area contributed by atoms with Gasteiger partial charge in [0.2, 0.25) is 0 Å². The number of aryl methyl sites for hydroxylation is 2. The molecule has 0 atom stereocenters. The number of hydrogen-bond acceptors (Lipinski definition) is 2. The molecule has 0 fully saturated rings. The van der Waals surface area contributed by atoms with Crippen molar-refractivity contribution in [3.05, 3.63) is 64.7 Å². The molecule has 124 valence electrons. The van der Waals surface area contributed by atoms with Crippen LogP contribution in [0.1, 0.15) is 22.3 Å². The Bertz CT molecular complexity index is 653. The molecule has 0 aliphatic rings. The van der Waals surface area contributed by atoms with E-state index in [2.05, 4.69) is 37.4 Å². The molecule has 23 heavy (non-hydrogen) atoms. The third-order valence-corrected chi connectivity index (χ3v) is 3.44. The molecule has 0 saturated heterocycles. The zero-order valence-electron chi connectivity index (χ0n) is 13.2. The van der Waals surface area contributed by atoms with E-state index in [1.54, 1.807) is 12.1 Å². The number of rotatable bonds is 6. The minimum absolute atomic E-state index is 0.230. The van der Waals surface area contributed by atoms with Gasteiger partial charge in [-0.1, -0.05) is 35.9 Å². The quantitative estimate of drug-likeness (QED) is 0.843. The summed E-state index contributed by atoms with van der Waals surface area (Å²) in [6.45, 7) is 4.12. The van der Waals surface area contributed by atoms with Crippen LogP contribution in [0.2, 0.25) is 0 Å². The van der Waals surface area contributed by atoms with Crippen molar-refractivity contribution in [3.8, 4) is 5.75 Å². The maximum Gasteiger partial charge on any atom is 0.422 e. The predicted molar refractivity (Wildman–Crippen MR) is 84.5 cm³/mol. The molecule has 5 heteroatoms. The van der Waals surface area contributed by atoms with Crippen LogP contribution in [0.25, 0.3) is 0 Å². The van der Waals surface area contributed by atoms with E-state index in [-0.39, 0.29) is 5.75 Å². The number of hydrogen-bond donors (Lipinski definition) is 1. The van der Waals surface area contributed by atoms with Crippen molar-refractivity contribution in [3.63, 3.8) is 0 Å². The lowest BCUT2D eigenvalue weighted by Gasteiger charge is -2.11. The number of alkyl halides is 3. The second-order valence-corrected chi connectivity index (χ2v) is 5.58. The topological polar surface area (TPSA) is 21.3 Å². The fourth-order valence-corrected chi connectivity index (χ4v) is 2.30. The lowest BCUT2D eigenvalue weighted by Crippen LogP contribution is -2.19. The molecule has 0 aliphatic heterocycles. The monoisotopic (exact) mass is 323 g/mol. The number of benzene rings is 2. The van der Waals surface area contributed by atoms with E-state index in [4.69, 9.17) is 4.74 Å². The molecule has 0 saturated carbocycles. The van der Waals surface area contributed by atoms with E-state index in [1.807, 2.05) is 6.07 Å². The predicted octanol–water partition coefficient (Wildman–Crippen LogP) is 4.53. The van der Waals surface area contributed by atoms with Gasteiger partial charge in [-0.2, -0.15) is 13.2 Å². The molecule has 0 aromatic heterocycles. The number of halogens is 3. The summed E-state index contributed by atoms with van der Waals surface area (Å²) < 4.78 is 41.2. The van der Waals surface area contributed by atoms with E-state index in [0.717, 1.165) is 5.56 Å². The van der Waals surface area contributed by atoms with Gasteiger partial charge in [0.25, 0.3) is 0 Å².